The summed E-state index contributed by atoms with van der Waals surface area (Å²) in [6.07, 6.45) is 2.43. The maximum atomic E-state index is 5.99. The van der Waals surface area contributed by atoms with E-state index in [0.717, 1.165) is 28.9 Å². The van der Waals surface area contributed by atoms with Crippen LogP contribution in [0.3, 0.4) is 0 Å². The Morgan fingerprint density at radius 2 is 1.80 bits per heavy atom. The summed E-state index contributed by atoms with van der Waals surface area (Å²) in [6, 6.07) is 6.19. The molecule has 82 valence electrons. The summed E-state index contributed by atoms with van der Waals surface area (Å²) in [4.78, 5) is 0. The van der Waals surface area contributed by atoms with Crippen molar-refractivity contribution in [2.75, 3.05) is 6.54 Å². The van der Waals surface area contributed by atoms with Crippen LogP contribution in [0.2, 0.25) is 10.0 Å². The number of halogens is 2. The highest BCUT2D eigenvalue weighted by Crippen LogP contribution is 2.29. The van der Waals surface area contributed by atoms with Crippen LogP contribution in [0.4, 0.5) is 0 Å². The Morgan fingerprint density at radius 3 is 2.33 bits per heavy atom. The third-order valence-corrected chi connectivity index (χ3v) is 3.38. The maximum Gasteiger partial charge on any atom is 0.0424 e. The Morgan fingerprint density at radius 1 is 1.13 bits per heavy atom. The lowest BCUT2D eigenvalue weighted by atomic mass is 9.92. The molecule has 2 atom stereocenters. The van der Waals surface area contributed by atoms with Crippen LogP contribution in [0, 0.1) is 5.92 Å². The van der Waals surface area contributed by atoms with E-state index in [0.29, 0.717) is 6.04 Å². The van der Waals surface area contributed by atoms with Gasteiger partial charge in [0.15, 0.2) is 0 Å². The molecule has 1 N–H and O–H groups in total. The van der Waals surface area contributed by atoms with Crippen molar-refractivity contribution in [3.8, 4) is 0 Å². The lowest BCUT2D eigenvalue weighted by molar-refractivity contribution is 0.333. The molecule has 1 fully saturated rings. The largest absolute Gasteiger partial charge is 0.310 e. The van der Waals surface area contributed by atoms with Gasteiger partial charge >= 0.3 is 0 Å². The summed E-state index contributed by atoms with van der Waals surface area (Å²) < 4.78 is 0. The van der Waals surface area contributed by atoms with Gasteiger partial charge in [-0.25, -0.2) is 0 Å². The van der Waals surface area contributed by atoms with Crippen molar-refractivity contribution >= 4 is 23.2 Å². The van der Waals surface area contributed by atoms with E-state index in [1.54, 1.807) is 6.07 Å². The molecule has 1 nitrogen and oxygen atoms in total. The first-order chi connectivity index (χ1) is 7.15. The first-order valence-electron chi connectivity index (χ1n) is 5.34. The third kappa shape index (κ3) is 2.87. The van der Waals surface area contributed by atoms with Crippen LogP contribution < -0.4 is 5.32 Å². The highest BCUT2D eigenvalue weighted by Gasteiger charge is 2.19. The second-order valence-electron chi connectivity index (χ2n) is 4.35. The predicted molar refractivity (Wildman–Crippen MR) is 65.6 cm³/mol. The topological polar surface area (TPSA) is 12.0 Å². The lowest BCUT2D eigenvalue weighted by Gasteiger charge is -2.28. The zero-order valence-electron chi connectivity index (χ0n) is 8.76. The van der Waals surface area contributed by atoms with E-state index in [1.165, 1.54) is 12.0 Å². The monoisotopic (exact) mass is 243 g/mol. The van der Waals surface area contributed by atoms with E-state index >= 15 is 0 Å². The molecular weight excluding hydrogens is 229 g/mol. The fourth-order valence-electron chi connectivity index (χ4n) is 2.06. The van der Waals surface area contributed by atoms with Crippen LogP contribution in [-0.4, -0.2) is 6.54 Å². The van der Waals surface area contributed by atoms with Crippen molar-refractivity contribution in [2.24, 2.45) is 5.92 Å². The standard InChI is InChI=1S/C12H15Cl2N/c1-8-2-3-12(15-7-8)9-4-10(13)6-11(14)5-9/h4-6,8,12,15H,2-3,7H2,1H3. The first kappa shape index (κ1) is 11.3. The van der Waals surface area contributed by atoms with Crippen molar-refractivity contribution in [1.82, 2.24) is 5.32 Å². The van der Waals surface area contributed by atoms with Gasteiger partial charge in [0.2, 0.25) is 0 Å². The van der Waals surface area contributed by atoms with E-state index in [1.807, 2.05) is 12.1 Å². The zero-order chi connectivity index (χ0) is 10.8. The molecule has 0 aromatic heterocycles. The van der Waals surface area contributed by atoms with Crippen molar-refractivity contribution in [2.45, 2.75) is 25.8 Å². The number of benzene rings is 1. The van der Waals surface area contributed by atoms with E-state index in [-0.39, 0.29) is 0 Å². The van der Waals surface area contributed by atoms with Gasteiger partial charge < -0.3 is 5.32 Å². The van der Waals surface area contributed by atoms with Crippen molar-refractivity contribution in [1.29, 1.82) is 0 Å². The Hall–Kier alpha value is -0.240. The molecule has 0 amide bonds. The van der Waals surface area contributed by atoms with E-state index < -0.39 is 0 Å². The maximum absolute atomic E-state index is 5.99. The van der Waals surface area contributed by atoms with Gasteiger partial charge in [-0.1, -0.05) is 30.1 Å². The van der Waals surface area contributed by atoms with E-state index in [2.05, 4.69) is 12.2 Å². The molecule has 1 heterocycles. The van der Waals surface area contributed by atoms with Crippen molar-refractivity contribution in [3.05, 3.63) is 33.8 Å². The van der Waals surface area contributed by atoms with Crippen LogP contribution in [0.25, 0.3) is 0 Å². The molecule has 1 saturated heterocycles. The molecule has 3 heteroatoms. The molecular formula is C12H15Cl2N. The van der Waals surface area contributed by atoms with Gasteiger partial charge in [-0.2, -0.15) is 0 Å². The minimum absolute atomic E-state index is 0.414. The molecule has 0 aliphatic carbocycles. The average Bonchev–Trinajstić information content (AvgIpc) is 2.17. The van der Waals surface area contributed by atoms with Gasteiger partial charge in [0.25, 0.3) is 0 Å². The summed E-state index contributed by atoms with van der Waals surface area (Å²) in [5.74, 6) is 0.774. The Bertz CT molecular complexity index is 323. The summed E-state index contributed by atoms with van der Waals surface area (Å²) in [5, 5.41) is 4.96. The fourth-order valence-corrected chi connectivity index (χ4v) is 2.60. The average molecular weight is 244 g/mol. The lowest BCUT2D eigenvalue weighted by Crippen LogP contribution is -2.31. The zero-order valence-corrected chi connectivity index (χ0v) is 10.3. The number of hydrogen-bond acceptors (Lipinski definition) is 1. The molecule has 1 aliphatic rings. The molecule has 15 heavy (non-hydrogen) atoms. The van der Waals surface area contributed by atoms with Crippen LogP contribution in [0.5, 0.6) is 0 Å². The number of rotatable bonds is 1. The molecule has 0 spiro atoms. The van der Waals surface area contributed by atoms with E-state index in [4.69, 9.17) is 23.2 Å². The number of hydrogen-bond donors (Lipinski definition) is 1. The summed E-state index contributed by atoms with van der Waals surface area (Å²) >= 11 is 12.0. The summed E-state index contributed by atoms with van der Waals surface area (Å²) in [5.41, 5.74) is 1.21. The van der Waals surface area contributed by atoms with Crippen LogP contribution in [0.15, 0.2) is 18.2 Å². The molecule has 2 unspecified atom stereocenters. The SMILES string of the molecule is CC1CCC(c2cc(Cl)cc(Cl)c2)NC1. The summed E-state index contributed by atoms with van der Waals surface area (Å²) in [6.45, 7) is 3.35. The smallest absolute Gasteiger partial charge is 0.0424 e. The van der Waals surface area contributed by atoms with E-state index in [9.17, 15) is 0 Å². The van der Waals surface area contributed by atoms with Gasteiger partial charge in [-0.3, -0.25) is 0 Å². The molecule has 0 radical (unpaired) electrons. The first-order valence-corrected chi connectivity index (χ1v) is 6.10. The molecule has 0 bridgehead atoms. The van der Waals surface area contributed by atoms with Gasteiger partial charge in [0.05, 0.1) is 0 Å². The molecule has 1 aromatic rings. The molecule has 2 rings (SSSR count). The quantitative estimate of drug-likeness (QED) is 0.785. The number of piperidine rings is 1. The predicted octanol–water partition coefficient (Wildman–Crippen LogP) is 4.05. The van der Waals surface area contributed by atoms with Gasteiger partial charge in [0, 0.05) is 16.1 Å². The van der Waals surface area contributed by atoms with Crippen LogP contribution >= 0.6 is 23.2 Å². The van der Waals surface area contributed by atoms with Gasteiger partial charge in [0.1, 0.15) is 0 Å². The minimum atomic E-state index is 0.414. The fraction of sp³-hybridized carbons (Fsp3) is 0.500. The van der Waals surface area contributed by atoms with Gasteiger partial charge in [-0.05, 0) is 49.1 Å². The third-order valence-electron chi connectivity index (χ3n) is 2.95. The van der Waals surface area contributed by atoms with Crippen LogP contribution in [0.1, 0.15) is 31.4 Å². The van der Waals surface area contributed by atoms with Crippen LogP contribution in [-0.2, 0) is 0 Å². The summed E-state index contributed by atoms with van der Waals surface area (Å²) in [7, 11) is 0. The molecule has 0 saturated carbocycles. The molecule has 1 aromatic carbocycles. The molecule has 1 aliphatic heterocycles. The second kappa shape index (κ2) is 4.73. The highest BCUT2D eigenvalue weighted by atomic mass is 35.5. The minimum Gasteiger partial charge on any atom is -0.310 e. The number of nitrogens with one attached hydrogen (secondary N) is 1. The van der Waals surface area contributed by atoms with Gasteiger partial charge in [-0.15, -0.1) is 0 Å². The highest BCUT2D eigenvalue weighted by molar-refractivity contribution is 6.34. The Labute approximate surface area is 101 Å². The second-order valence-corrected chi connectivity index (χ2v) is 5.22. The van der Waals surface area contributed by atoms with Crippen molar-refractivity contribution in [3.63, 3.8) is 0 Å². The normalized spacial score (nSPS) is 26.6. The Balaban J connectivity index is 2.15. The Kier molecular flexibility index (Phi) is 3.55. The van der Waals surface area contributed by atoms with Crippen molar-refractivity contribution < 1.29 is 0 Å².